The van der Waals surface area contributed by atoms with Crippen LogP contribution in [0.4, 0.5) is 5.13 Å². The molecular weight excluding hydrogens is 436 g/mol. The van der Waals surface area contributed by atoms with E-state index in [0.29, 0.717) is 27.2 Å². The van der Waals surface area contributed by atoms with Crippen molar-refractivity contribution in [3.05, 3.63) is 65.0 Å². The van der Waals surface area contributed by atoms with Gasteiger partial charge in [-0.15, -0.1) is 11.3 Å². The molecule has 0 bridgehead atoms. The Kier molecular flexibility index (Phi) is 5.31. The van der Waals surface area contributed by atoms with E-state index in [1.54, 1.807) is 18.3 Å². The van der Waals surface area contributed by atoms with Gasteiger partial charge in [0.05, 0.1) is 17.0 Å². The van der Waals surface area contributed by atoms with Gasteiger partial charge >= 0.3 is 0 Å². The van der Waals surface area contributed by atoms with E-state index in [4.69, 9.17) is 14.0 Å². The van der Waals surface area contributed by atoms with Crippen LogP contribution in [0.2, 0.25) is 0 Å². The van der Waals surface area contributed by atoms with E-state index in [1.165, 1.54) is 23.1 Å². The second kappa shape index (κ2) is 8.40. The molecule has 4 aromatic rings. The number of thioether (sulfide) groups is 1. The van der Waals surface area contributed by atoms with Crippen LogP contribution >= 0.6 is 23.1 Å². The minimum atomic E-state index is -0.265. The molecular formula is C21H16N4O4S2. The zero-order valence-electron chi connectivity index (χ0n) is 16.3. The Morgan fingerprint density at radius 2 is 2.13 bits per heavy atom. The minimum Gasteiger partial charge on any atom is -0.454 e. The van der Waals surface area contributed by atoms with Gasteiger partial charge in [0.25, 0.3) is 5.91 Å². The second-order valence-electron chi connectivity index (χ2n) is 6.63. The summed E-state index contributed by atoms with van der Waals surface area (Å²) in [4.78, 5) is 21.8. The predicted octanol–water partition coefficient (Wildman–Crippen LogP) is 4.77. The SMILES string of the molecule is Cc1cc(CSc2ncccc2C(=O)Nc2nc(-c3ccc4c(c3)OCO4)cs2)no1. The summed E-state index contributed by atoms with van der Waals surface area (Å²) in [6.45, 7) is 2.06. The first-order valence-electron chi connectivity index (χ1n) is 9.32. The third kappa shape index (κ3) is 4.25. The van der Waals surface area contributed by atoms with Gasteiger partial charge in [0.2, 0.25) is 6.79 Å². The highest BCUT2D eigenvalue weighted by Gasteiger charge is 2.17. The number of aryl methyl sites for hydroxylation is 1. The first kappa shape index (κ1) is 19.6. The molecule has 1 N–H and O–H groups in total. The lowest BCUT2D eigenvalue weighted by Gasteiger charge is -2.06. The molecule has 0 radical (unpaired) electrons. The fourth-order valence-corrected chi connectivity index (χ4v) is 4.58. The Bertz CT molecular complexity index is 1250. The van der Waals surface area contributed by atoms with Gasteiger partial charge in [0.15, 0.2) is 16.6 Å². The minimum absolute atomic E-state index is 0.221. The van der Waals surface area contributed by atoms with Crippen LogP contribution in [0.25, 0.3) is 11.3 Å². The Hall–Kier alpha value is -3.37. The normalized spacial score (nSPS) is 12.2. The summed E-state index contributed by atoms with van der Waals surface area (Å²) in [5, 5.41) is 9.86. The Balaban J connectivity index is 1.30. The lowest BCUT2D eigenvalue weighted by molar-refractivity contribution is 0.102. The summed E-state index contributed by atoms with van der Waals surface area (Å²) < 4.78 is 15.9. The van der Waals surface area contributed by atoms with Gasteiger partial charge in [0, 0.05) is 29.0 Å². The molecule has 0 saturated heterocycles. The zero-order chi connectivity index (χ0) is 21.2. The predicted molar refractivity (Wildman–Crippen MR) is 117 cm³/mol. The largest absolute Gasteiger partial charge is 0.454 e. The van der Waals surface area contributed by atoms with Crippen molar-refractivity contribution in [1.29, 1.82) is 0 Å². The number of nitrogens with one attached hydrogen (secondary N) is 1. The number of carbonyl (C=O) groups excluding carboxylic acids is 1. The maximum Gasteiger partial charge on any atom is 0.260 e. The Morgan fingerprint density at radius 3 is 3.00 bits per heavy atom. The lowest BCUT2D eigenvalue weighted by atomic mass is 10.1. The average molecular weight is 453 g/mol. The van der Waals surface area contributed by atoms with E-state index in [0.717, 1.165) is 28.5 Å². The number of carbonyl (C=O) groups is 1. The van der Waals surface area contributed by atoms with Gasteiger partial charge in [-0.05, 0) is 37.3 Å². The number of pyridine rings is 1. The molecule has 0 fully saturated rings. The van der Waals surface area contributed by atoms with Crippen molar-refractivity contribution in [2.75, 3.05) is 12.1 Å². The summed E-state index contributed by atoms with van der Waals surface area (Å²) in [6, 6.07) is 11.0. The third-order valence-electron chi connectivity index (χ3n) is 4.44. The number of aromatic nitrogens is 3. The number of benzene rings is 1. The van der Waals surface area contributed by atoms with Crippen molar-refractivity contribution < 1.29 is 18.8 Å². The molecule has 8 nitrogen and oxygen atoms in total. The number of rotatable bonds is 6. The van der Waals surface area contributed by atoms with Gasteiger partial charge < -0.3 is 14.0 Å². The highest BCUT2D eigenvalue weighted by atomic mass is 32.2. The van der Waals surface area contributed by atoms with Gasteiger partial charge in [-0.1, -0.05) is 16.9 Å². The molecule has 0 aliphatic carbocycles. The standard InChI is InChI=1S/C21H16N4O4S2/c1-12-7-14(25-29-12)9-30-20-15(3-2-6-22-20)19(26)24-21-23-16(10-31-21)13-4-5-17-18(8-13)28-11-27-17/h2-8,10H,9,11H2,1H3,(H,23,24,26). The highest BCUT2D eigenvalue weighted by molar-refractivity contribution is 7.98. The van der Waals surface area contributed by atoms with E-state index in [2.05, 4.69) is 20.4 Å². The number of amides is 1. The summed E-state index contributed by atoms with van der Waals surface area (Å²) in [5.41, 5.74) is 2.92. The van der Waals surface area contributed by atoms with E-state index in [-0.39, 0.29) is 12.7 Å². The molecule has 0 saturated carbocycles. The van der Waals surface area contributed by atoms with Crippen LogP contribution in [0, 0.1) is 6.92 Å². The molecule has 156 valence electrons. The van der Waals surface area contributed by atoms with Gasteiger partial charge in [-0.3, -0.25) is 10.1 Å². The second-order valence-corrected chi connectivity index (χ2v) is 8.46. The molecule has 0 spiro atoms. The fourth-order valence-electron chi connectivity index (χ4n) is 2.99. The number of anilines is 1. The van der Waals surface area contributed by atoms with Crippen molar-refractivity contribution in [3.8, 4) is 22.8 Å². The van der Waals surface area contributed by atoms with Crippen molar-refractivity contribution >= 4 is 34.1 Å². The average Bonchev–Trinajstić information content (AvgIpc) is 3.53. The Labute approximate surface area is 185 Å². The van der Waals surface area contributed by atoms with Gasteiger partial charge in [0.1, 0.15) is 10.8 Å². The van der Waals surface area contributed by atoms with E-state index in [1.807, 2.05) is 36.6 Å². The molecule has 5 rings (SSSR count). The highest BCUT2D eigenvalue weighted by Crippen LogP contribution is 2.36. The van der Waals surface area contributed by atoms with Crippen molar-refractivity contribution in [1.82, 2.24) is 15.1 Å². The van der Waals surface area contributed by atoms with Crippen LogP contribution in [0.3, 0.4) is 0 Å². The molecule has 4 heterocycles. The number of fused-ring (bicyclic) bond motifs is 1. The third-order valence-corrected chi connectivity index (χ3v) is 6.24. The maximum absolute atomic E-state index is 12.9. The summed E-state index contributed by atoms with van der Waals surface area (Å²) in [6.07, 6.45) is 1.66. The molecule has 0 unspecified atom stereocenters. The monoisotopic (exact) mass is 452 g/mol. The van der Waals surface area contributed by atoms with Crippen LogP contribution < -0.4 is 14.8 Å². The van der Waals surface area contributed by atoms with Crippen LogP contribution in [-0.4, -0.2) is 27.8 Å². The zero-order valence-corrected chi connectivity index (χ0v) is 18.0. The van der Waals surface area contributed by atoms with Gasteiger partial charge in [-0.2, -0.15) is 0 Å². The first-order chi connectivity index (χ1) is 15.2. The van der Waals surface area contributed by atoms with E-state index in [9.17, 15) is 4.79 Å². The summed E-state index contributed by atoms with van der Waals surface area (Å²) in [7, 11) is 0. The number of ether oxygens (including phenoxy) is 2. The summed E-state index contributed by atoms with van der Waals surface area (Å²) in [5.74, 6) is 2.45. The fraction of sp³-hybridized carbons (Fsp3) is 0.143. The lowest BCUT2D eigenvalue weighted by Crippen LogP contribution is -2.13. The quantitative estimate of drug-likeness (QED) is 0.418. The summed E-state index contributed by atoms with van der Waals surface area (Å²) >= 11 is 2.78. The number of hydrogen-bond acceptors (Lipinski definition) is 9. The molecule has 10 heteroatoms. The van der Waals surface area contributed by atoms with E-state index >= 15 is 0 Å². The molecule has 31 heavy (non-hydrogen) atoms. The number of thiazole rings is 1. The molecule has 0 atom stereocenters. The van der Waals surface area contributed by atoms with Crippen LogP contribution in [-0.2, 0) is 5.75 Å². The number of hydrogen-bond donors (Lipinski definition) is 1. The molecule has 1 aromatic carbocycles. The van der Waals surface area contributed by atoms with E-state index < -0.39 is 0 Å². The maximum atomic E-state index is 12.9. The first-order valence-corrected chi connectivity index (χ1v) is 11.2. The Morgan fingerprint density at radius 1 is 1.23 bits per heavy atom. The molecule has 1 amide bonds. The van der Waals surface area contributed by atoms with Crippen molar-refractivity contribution in [3.63, 3.8) is 0 Å². The van der Waals surface area contributed by atoms with Crippen LogP contribution in [0.15, 0.2) is 57.5 Å². The van der Waals surface area contributed by atoms with Crippen molar-refractivity contribution in [2.24, 2.45) is 0 Å². The van der Waals surface area contributed by atoms with Crippen LogP contribution in [0.5, 0.6) is 11.5 Å². The smallest absolute Gasteiger partial charge is 0.260 e. The molecule has 1 aliphatic rings. The topological polar surface area (TPSA) is 99.4 Å². The number of nitrogens with zero attached hydrogens (tertiary/aromatic N) is 3. The molecule has 1 aliphatic heterocycles. The van der Waals surface area contributed by atoms with Crippen LogP contribution in [0.1, 0.15) is 21.8 Å². The molecule has 3 aromatic heterocycles. The van der Waals surface area contributed by atoms with Crippen molar-refractivity contribution in [2.45, 2.75) is 17.7 Å². The van der Waals surface area contributed by atoms with Gasteiger partial charge in [-0.25, -0.2) is 9.97 Å².